The molecule has 0 spiro atoms. The van der Waals surface area contributed by atoms with Crippen molar-refractivity contribution >= 4 is 5.97 Å². The van der Waals surface area contributed by atoms with E-state index < -0.39 is 48.7 Å². The van der Waals surface area contributed by atoms with Gasteiger partial charge in [0.2, 0.25) is 0 Å². The summed E-state index contributed by atoms with van der Waals surface area (Å²) in [6, 6.07) is -0.0313. The van der Waals surface area contributed by atoms with Gasteiger partial charge in [0.25, 0.3) is 0 Å². The third kappa shape index (κ3) is 10.8. The topological polar surface area (TPSA) is 225 Å². The smallest absolute Gasteiger partial charge is 0.303 e. The number of aliphatic hydroxyl groups excluding tert-OH is 5. The van der Waals surface area contributed by atoms with Crippen molar-refractivity contribution < 1.29 is 54.4 Å². The number of carboxylic acid groups (broad SMARTS) is 1. The van der Waals surface area contributed by atoms with Gasteiger partial charge in [-0.05, 0) is 127 Å². The van der Waals surface area contributed by atoms with Crippen LogP contribution in [0.1, 0.15) is 103 Å². The molecule has 16 atom stereocenters. The average Bonchev–Trinajstić information content (AvgIpc) is 3.10. The standard InChI is InChI=1S/C38H69N3O11/c1-22-7-10-38(19-35(46)47,18-24-8-11-40-34(39)14-24)33(41-22)20-50-32-16-25(15-31(49-2)36(32)48)37-27(9-12-42)29(45)17-26(52-37)5-3-23-4-6-28(44)30(13-23)51-21-43/h22-34,36-37,40-45,48H,3-21,39H2,1-2H3,(H,46,47). The van der Waals surface area contributed by atoms with E-state index in [1.54, 1.807) is 7.11 Å². The molecule has 14 nitrogen and oxygen atoms in total. The number of carboxylic acids is 1. The van der Waals surface area contributed by atoms with Crippen LogP contribution >= 0.6 is 0 Å². The zero-order valence-electron chi connectivity index (χ0n) is 31.4. The van der Waals surface area contributed by atoms with Gasteiger partial charge in [0.05, 0.1) is 61.9 Å². The zero-order chi connectivity index (χ0) is 37.4. The van der Waals surface area contributed by atoms with Crippen LogP contribution in [0.3, 0.4) is 0 Å². The number of aliphatic hydroxyl groups is 5. The van der Waals surface area contributed by atoms with E-state index in [0.717, 1.165) is 57.9 Å². The fourth-order valence-corrected chi connectivity index (χ4v) is 10.6. The van der Waals surface area contributed by atoms with Crippen molar-refractivity contribution in [1.82, 2.24) is 10.6 Å². The SMILES string of the molecule is COC1CC(C2OC(CCC3CCC(O)C(OCO)C3)CC(O)C2CCO)CC(OCC2NC(C)CCC2(CC(=O)O)CC2CCNC(N)C2)C1O. The Morgan fingerprint density at radius 1 is 0.904 bits per heavy atom. The zero-order valence-corrected chi connectivity index (χ0v) is 31.4. The van der Waals surface area contributed by atoms with Gasteiger partial charge >= 0.3 is 5.97 Å². The van der Waals surface area contributed by atoms with Crippen LogP contribution in [-0.4, -0.2) is 137 Å². The molecule has 5 fully saturated rings. The molecule has 0 amide bonds. The number of carbonyl (C=O) groups is 1. The van der Waals surface area contributed by atoms with E-state index in [-0.39, 0.29) is 68.0 Å². The molecule has 10 N–H and O–H groups in total. The lowest BCUT2D eigenvalue weighted by atomic mass is 9.64. The summed E-state index contributed by atoms with van der Waals surface area (Å²) >= 11 is 0. The molecule has 3 heterocycles. The van der Waals surface area contributed by atoms with E-state index in [0.29, 0.717) is 50.4 Å². The first-order valence-electron chi connectivity index (χ1n) is 20.1. The Bertz CT molecular complexity index is 1090. The number of nitrogens with one attached hydrogen (secondary N) is 2. The highest BCUT2D eigenvalue weighted by Gasteiger charge is 2.50. The minimum absolute atomic E-state index is 0.0328. The lowest BCUT2D eigenvalue weighted by Crippen LogP contribution is -2.59. The molecule has 302 valence electrons. The summed E-state index contributed by atoms with van der Waals surface area (Å²) < 4.78 is 24.7. The minimum Gasteiger partial charge on any atom is -0.481 e. The van der Waals surface area contributed by atoms with Gasteiger partial charge in [0, 0.05) is 31.7 Å². The van der Waals surface area contributed by atoms with Crippen LogP contribution in [0.5, 0.6) is 0 Å². The molecule has 0 radical (unpaired) electrons. The van der Waals surface area contributed by atoms with Crippen molar-refractivity contribution in [3.05, 3.63) is 0 Å². The van der Waals surface area contributed by atoms with Crippen molar-refractivity contribution in [1.29, 1.82) is 0 Å². The van der Waals surface area contributed by atoms with Crippen molar-refractivity contribution in [2.24, 2.45) is 34.8 Å². The van der Waals surface area contributed by atoms with Gasteiger partial charge in [0.1, 0.15) is 12.9 Å². The molecule has 3 saturated heterocycles. The Balaban J connectivity index is 1.28. The molecule has 14 heteroatoms. The molecule has 0 aromatic heterocycles. The van der Waals surface area contributed by atoms with E-state index in [1.165, 1.54) is 0 Å². The number of aliphatic carboxylic acids is 1. The van der Waals surface area contributed by atoms with Gasteiger partial charge in [-0.15, -0.1) is 0 Å². The molecule has 0 aromatic carbocycles. The number of piperidine rings is 2. The van der Waals surface area contributed by atoms with Gasteiger partial charge in [-0.3, -0.25) is 4.79 Å². The summed E-state index contributed by atoms with van der Waals surface area (Å²) in [6.45, 7) is 2.68. The molecule has 3 aliphatic heterocycles. The second kappa shape index (κ2) is 19.7. The molecule has 0 bridgehead atoms. The lowest BCUT2D eigenvalue weighted by molar-refractivity contribution is -0.200. The van der Waals surface area contributed by atoms with Crippen LogP contribution in [0, 0.1) is 29.1 Å². The van der Waals surface area contributed by atoms with Gasteiger partial charge in [0.15, 0.2) is 0 Å². The van der Waals surface area contributed by atoms with Crippen LogP contribution in [0.4, 0.5) is 0 Å². The highest BCUT2D eigenvalue weighted by atomic mass is 16.6. The average molecular weight is 744 g/mol. The van der Waals surface area contributed by atoms with Crippen molar-refractivity contribution in [3.63, 3.8) is 0 Å². The van der Waals surface area contributed by atoms with Gasteiger partial charge in [-0.25, -0.2) is 0 Å². The second-order valence-corrected chi connectivity index (χ2v) is 17.0. The van der Waals surface area contributed by atoms with Crippen LogP contribution in [0.25, 0.3) is 0 Å². The van der Waals surface area contributed by atoms with E-state index in [9.17, 15) is 35.4 Å². The molecular formula is C38H69N3O11. The molecule has 16 unspecified atom stereocenters. The van der Waals surface area contributed by atoms with E-state index in [1.807, 2.05) is 0 Å². The third-order valence-corrected chi connectivity index (χ3v) is 13.4. The first kappa shape index (κ1) is 42.1. The maximum Gasteiger partial charge on any atom is 0.303 e. The first-order valence-corrected chi connectivity index (χ1v) is 20.1. The summed E-state index contributed by atoms with van der Waals surface area (Å²) in [7, 11) is 1.58. The van der Waals surface area contributed by atoms with Crippen molar-refractivity contribution in [3.8, 4) is 0 Å². The highest BCUT2D eigenvalue weighted by molar-refractivity contribution is 5.68. The monoisotopic (exact) mass is 743 g/mol. The Morgan fingerprint density at radius 3 is 2.40 bits per heavy atom. The summed E-state index contributed by atoms with van der Waals surface area (Å²) in [5, 5.41) is 69.6. The molecule has 5 rings (SSSR count). The minimum atomic E-state index is -0.894. The number of nitrogens with two attached hydrogens (primary N) is 1. The quantitative estimate of drug-likeness (QED) is 0.101. The normalized spacial score (nSPS) is 44.7. The predicted molar refractivity (Wildman–Crippen MR) is 192 cm³/mol. The fraction of sp³-hybridized carbons (Fsp3) is 0.974. The van der Waals surface area contributed by atoms with Crippen LogP contribution in [0.2, 0.25) is 0 Å². The maximum absolute atomic E-state index is 12.4. The predicted octanol–water partition coefficient (Wildman–Crippen LogP) is 1.23. The van der Waals surface area contributed by atoms with Crippen LogP contribution < -0.4 is 16.4 Å². The first-order chi connectivity index (χ1) is 24.9. The lowest BCUT2D eigenvalue weighted by Gasteiger charge is -2.50. The summed E-state index contributed by atoms with van der Waals surface area (Å²) in [5.74, 6) is -0.605. The molecule has 52 heavy (non-hydrogen) atoms. The molecule has 2 aliphatic carbocycles. The number of methoxy groups -OCH3 is 1. The van der Waals surface area contributed by atoms with Gasteiger partial charge < -0.3 is 66.0 Å². The Kier molecular flexibility index (Phi) is 16.0. The number of hydrogen-bond donors (Lipinski definition) is 9. The van der Waals surface area contributed by atoms with Crippen LogP contribution in [0.15, 0.2) is 0 Å². The Morgan fingerprint density at radius 2 is 1.69 bits per heavy atom. The molecular weight excluding hydrogens is 674 g/mol. The summed E-state index contributed by atoms with van der Waals surface area (Å²) in [6.07, 6.45) is 5.44. The van der Waals surface area contributed by atoms with Gasteiger partial charge in [-0.2, -0.15) is 0 Å². The van der Waals surface area contributed by atoms with E-state index >= 15 is 0 Å². The number of ether oxygens (including phenoxy) is 4. The number of rotatable bonds is 16. The second-order valence-electron chi connectivity index (χ2n) is 17.0. The Hall–Kier alpha value is -1.01. The Labute approximate surface area is 309 Å². The molecule has 5 aliphatic rings. The fourth-order valence-electron chi connectivity index (χ4n) is 10.6. The van der Waals surface area contributed by atoms with Crippen molar-refractivity contribution in [2.75, 3.05) is 33.7 Å². The van der Waals surface area contributed by atoms with E-state index in [2.05, 4.69) is 17.6 Å². The number of hydrogen-bond acceptors (Lipinski definition) is 13. The van der Waals surface area contributed by atoms with Crippen molar-refractivity contribution in [2.45, 2.75) is 170 Å². The summed E-state index contributed by atoms with van der Waals surface area (Å²) in [4.78, 5) is 12.4. The van der Waals surface area contributed by atoms with Crippen LogP contribution in [-0.2, 0) is 23.7 Å². The molecule has 2 saturated carbocycles. The third-order valence-electron chi connectivity index (χ3n) is 13.4. The maximum atomic E-state index is 12.4. The summed E-state index contributed by atoms with van der Waals surface area (Å²) in [5.41, 5.74) is 5.73. The van der Waals surface area contributed by atoms with Gasteiger partial charge in [-0.1, -0.05) is 0 Å². The highest BCUT2D eigenvalue weighted by Crippen LogP contribution is 2.46. The molecule has 0 aromatic rings. The van der Waals surface area contributed by atoms with E-state index in [4.69, 9.17) is 24.7 Å². The largest absolute Gasteiger partial charge is 0.481 e.